The molecule has 6 heteroatoms. The van der Waals surface area contributed by atoms with Crippen LogP contribution in [0.1, 0.15) is 85.5 Å². The van der Waals surface area contributed by atoms with Crippen molar-refractivity contribution in [2.75, 3.05) is 12.8 Å². The molecule has 2 bridgehead atoms. The number of rotatable bonds is 5. The van der Waals surface area contributed by atoms with Crippen LogP contribution < -0.4 is 0 Å². The van der Waals surface area contributed by atoms with Gasteiger partial charge in [0.15, 0.2) is 0 Å². The maximum absolute atomic E-state index is 13.6. The second kappa shape index (κ2) is 8.57. The largest absolute Gasteiger partial charge is 0.461 e. The maximum Gasteiger partial charge on any atom is 0.316 e. The van der Waals surface area contributed by atoms with Crippen LogP contribution in [0.15, 0.2) is 12.7 Å². The van der Waals surface area contributed by atoms with Crippen LogP contribution in [0.2, 0.25) is 0 Å². The Morgan fingerprint density at radius 3 is 2.54 bits per heavy atom. The third-order valence-corrected chi connectivity index (χ3v) is 14.5. The molecule has 6 fully saturated rings. The maximum atomic E-state index is 13.6. The summed E-state index contributed by atoms with van der Waals surface area (Å²) in [6.45, 7) is 12.8. The van der Waals surface area contributed by atoms with Gasteiger partial charge < -0.3 is 9.84 Å². The van der Waals surface area contributed by atoms with Crippen molar-refractivity contribution in [1.29, 1.82) is 0 Å². The Bertz CT molecular complexity index is 1000. The summed E-state index contributed by atoms with van der Waals surface area (Å²) in [6, 6.07) is 1.47. The quantitative estimate of drug-likeness (QED) is 0.388. The van der Waals surface area contributed by atoms with Gasteiger partial charge in [0.2, 0.25) is 0 Å². The van der Waals surface area contributed by atoms with E-state index in [1.807, 2.05) is 6.08 Å². The summed E-state index contributed by atoms with van der Waals surface area (Å²) < 4.78 is 6.45. The van der Waals surface area contributed by atoms with E-state index in [1.165, 1.54) is 25.7 Å². The third-order valence-electron chi connectivity index (χ3n) is 13.3. The zero-order chi connectivity index (χ0) is 26.5. The number of ether oxygens (including phenoxy) is 1. The van der Waals surface area contributed by atoms with E-state index in [0.717, 1.165) is 25.3 Å². The Morgan fingerprint density at radius 2 is 1.89 bits per heavy atom. The van der Waals surface area contributed by atoms with Crippen molar-refractivity contribution in [2.24, 2.45) is 39.4 Å². The van der Waals surface area contributed by atoms with Crippen molar-refractivity contribution in [2.45, 2.75) is 115 Å². The van der Waals surface area contributed by atoms with Crippen LogP contribution in [0.4, 0.5) is 0 Å². The summed E-state index contributed by atoms with van der Waals surface area (Å²) in [6.07, 6.45) is 9.84. The summed E-state index contributed by atoms with van der Waals surface area (Å²) in [4.78, 5) is 29.6. The van der Waals surface area contributed by atoms with Gasteiger partial charge in [0.05, 0.1) is 11.9 Å². The Hall–Kier alpha value is -0.850. The Labute approximate surface area is 227 Å². The molecule has 1 saturated heterocycles. The summed E-state index contributed by atoms with van der Waals surface area (Å²) >= 11 is 1.78. The van der Waals surface area contributed by atoms with E-state index in [2.05, 4.69) is 46.2 Å². The topological polar surface area (TPSA) is 66.8 Å². The SMILES string of the molecule is C=C[C@]1(C)C[C@@H](OC(=O)CS[C@@H]2CC3N(C)C4CCC43C2)[C@]2(C)[C@H](C)CC[C@]3(CCC(=O)[C@H]32)[C@@H](C)[C@@H]1O. The number of likely N-dealkylation sites (tertiary alicyclic amines) is 1. The molecule has 37 heavy (non-hydrogen) atoms. The lowest BCUT2D eigenvalue weighted by atomic mass is 9.44. The van der Waals surface area contributed by atoms with Gasteiger partial charge in [-0.1, -0.05) is 33.8 Å². The normalized spacial score (nSPS) is 54.6. The van der Waals surface area contributed by atoms with Crippen LogP contribution >= 0.6 is 11.8 Å². The van der Waals surface area contributed by atoms with Crippen LogP contribution in [0.5, 0.6) is 0 Å². The van der Waals surface area contributed by atoms with Crippen LogP contribution in [-0.2, 0) is 14.3 Å². The number of nitrogens with zero attached hydrogens (tertiary/aromatic N) is 1. The van der Waals surface area contributed by atoms with Crippen molar-refractivity contribution in [1.82, 2.24) is 4.90 Å². The molecule has 1 N–H and O–H groups in total. The molecule has 1 aliphatic heterocycles. The highest BCUT2D eigenvalue weighted by atomic mass is 32.2. The zero-order valence-corrected chi connectivity index (χ0v) is 24.3. The van der Waals surface area contributed by atoms with Gasteiger partial charge in [-0.2, -0.15) is 0 Å². The number of hydrogen-bond donors (Lipinski definition) is 1. The molecular weight excluding hydrogens is 482 g/mol. The molecule has 206 valence electrons. The number of thioether (sulfide) groups is 1. The van der Waals surface area contributed by atoms with E-state index in [9.17, 15) is 14.7 Å². The second-order valence-electron chi connectivity index (χ2n) is 14.4. The predicted molar refractivity (Wildman–Crippen MR) is 147 cm³/mol. The minimum atomic E-state index is -0.618. The van der Waals surface area contributed by atoms with Crippen molar-refractivity contribution in [3.05, 3.63) is 12.7 Å². The standard InChI is InChI=1S/C31H47NO4S/c1-7-28(4)16-24(36-25(34)17-37-20-14-23-31(15-20)13-10-22(31)32(23)6)29(5)18(2)8-11-30(19(3)27(28)35)12-9-21(33)26(29)30/h7,18-20,22-24,26-27,35H,1,8-17H2,2-6H3/t18-,19+,20-,22?,23?,24-,26+,27+,28-,29+,30+,31?/m1/s1. The molecule has 1 spiro atoms. The number of carbonyl (C=O) groups is 2. The Balaban J connectivity index is 1.24. The summed E-state index contributed by atoms with van der Waals surface area (Å²) in [5, 5.41) is 12.2. The minimum Gasteiger partial charge on any atom is -0.461 e. The molecule has 0 aromatic carbocycles. The van der Waals surface area contributed by atoms with Gasteiger partial charge in [0.1, 0.15) is 11.9 Å². The number of piperidine rings is 1. The first-order chi connectivity index (χ1) is 17.4. The van der Waals surface area contributed by atoms with Crippen molar-refractivity contribution >= 4 is 23.5 Å². The van der Waals surface area contributed by atoms with Gasteiger partial charge in [-0.05, 0) is 75.7 Å². The van der Waals surface area contributed by atoms with Crippen LogP contribution in [0.3, 0.4) is 0 Å². The Morgan fingerprint density at radius 1 is 1.16 bits per heavy atom. The molecule has 6 aliphatic rings. The predicted octanol–water partition coefficient (Wildman–Crippen LogP) is 5.25. The number of hydrogen-bond acceptors (Lipinski definition) is 6. The van der Waals surface area contributed by atoms with Gasteiger partial charge in [-0.15, -0.1) is 18.3 Å². The molecule has 1 heterocycles. The van der Waals surface area contributed by atoms with Gasteiger partial charge in [0, 0.05) is 45.9 Å². The van der Waals surface area contributed by atoms with Gasteiger partial charge in [-0.25, -0.2) is 0 Å². The van der Waals surface area contributed by atoms with E-state index in [4.69, 9.17) is 4.74 Å². The summed E-state index contributed by atoms with van der Waals surface area (Å²) in [7, 11) is 2.27. The Kier molecular flexibility index (Phi) is 6.11. The molecule has 0 amide bonds. The zero-order valence-electron chi connectivity index (χ0n) is 23.5. The van der Waals surface area contributed by atoms with Gasteiger partial charge >= 0.3 is 5.97 Å². The first kappa shape index (κ1) is 26.4. The lowest BCUT2D eigenvalue weighted by molar-refractivity contribution is -0.205. The number of esters is 1. The molecule has 5 aliphatic carbocycles. The van der Waals surface area contributed by atoms with E-state index in [0.29, 0.717) is 41.1 Å². The average Bonchev–Trinajstić information content (AvgIpc) is 3.42. The fraction of sp³-hybridized carbons (Fsp3) is 0.871. The van der Waals surface area contributed by atoms with Crippen molar-refractivity contribution in [3.63, 3.8) is 0 Å². The molecule has 3 unspecified atom stereocenters. The number of carbonyl (C=O) groups excluding carboxylic acids is 2. The lowest BCUT2D eigenvalue weighted by Crippen LogP contribution is -2.73. The van der Waals surface area contributed by atoms with Crippen LogP contribution in [-0.4, -0.2) is 64.1 Å². The lowest BCUT2D eigenvalue weighted by Gasteiger charge is -2.67. The van der Waals surface area contributed by atoms with E-state index < -0.39 is 23.0 Å². The van der Waals surface area contributed by atoms with Crippen LogP contribution in [0.25, 0.3) is 0 Å². The van der Waals surface area contributed by atoms with Gasteiger partial charge in [-0.3, -0.25) is 14.5 Å². The summed E-state index contributed by atoms with van der Waals surface area (Å²) in [5.74, 6) is 0.627. The fourth-order valence-electron chi connectivity index (χ4n) is 10.7. The highest BCUT2D eigenvalue weighted by Crippen LogP contribution is 2.68. The second-order valence-corrected chi connectivity index (χ2v) is 15.7. The van der Waals surface area contributed by atoms with E-state index in [-0.39, 0.29) is 29.1 Å². The number of aliphatic hydroxyl groups excluding tert-OH is 1. The minimum absolute atomic E-state index is 0.00319. The van der Waals surface area contributed by atoms with E-state index in [1.54, 1.807) is 11.8 Å². The molecule has 5 saturated carbocycles. The van der Waals surface area contributed by atoms with Crippen LogP contribution in [0, 0.1) is 39.4 Å². The molecular formula is C31H47NO4S. The molecule has 5 nitrogen and oxygen atoms in total. The number of aliphatic hydroxyl groups is 1. The van der Waals surface area contributed by atoms with Crippen molar-refractivity contribution < 1.29 is 19.4 Å². The highest BCUT2D eigenvalue weighted by molar-refractivity contribution is 8.00. The monoisotopic (exact) mass is 529 g/mol. The molecule has 12 atom stereocenters. The van der Waals surface area contributed by atoms with Gasteiger partial charge in [0.25, 0.3) is 0 Å². The first-order valence-corrected chi connectivity index (χ1v) is 15.9. The molecule has 0 radical (unpaired) electrons. The third kappa shape index (κ3) is 3.36. The number of ketones is 1. The summed E-state index contributed by atoms with van der Waals surface area (Å²) in [5.41, 5.74) is -0.702. The highest BCUT2D eigenvalue weighted by Gasteiger charge is 2.69. The van der Waals surface area contributed by atoms with E-state index >= 15 is 0 Å². The molecule has 0 aromatic rings. The fourth-order valence-corrected chi connectivity index (χ4v) is 11.9. The molecule has 0 aromatic heterocycles. The number of Topliss-reactive ketones (excluding diaryl/α,β-unsaturated/α-hetero) is 1. The average molecular weight is 530 g/mol. The smallest absolute Gasteiger partial charge is 0.316 e. The molecule has 6 rings (SSSR count). The first-order valence-electron chi connectivity index (χ1n) is 14.8. The van der Waals surface area contributed by atoms with Crippen molar-refractivity contribution in [3.8, 4) is 0 Å².